The molecule has 31 heavy (non-hydrogen) atoms. The summed E-state index contributed by atoms with van der Waals surface area (Å²) in [6.45, 7) is 9.94. The Kier molecular flexibility index (Phi) is 10.1. The average molecular weight is 445 g/mol. The van der Waals surface area contributed by atoms with Crippen molar-refractivity contribution in [2.24, 2.45) is 5.92 Å². The summed E-state index contributed by atoms with van der Waals surface area (Å²) in [5.74, 6) is -0.303. The van der Waals surface area contributed by atoms with Crippen LogP contribution in [0.3, 0.4) is 0 Å². The van der Waals surface area contributed by atoms with Crippen LogP contribution < -0.4 is 10.4 Å². The Morgan fingerprint density at radius 2 is 1.42 bits per heavy atom. The van der Waals surface area contributed by atoms with Crippen LogP contribution >= 0.6 is 0 Å². The van der Waals surface area contributed by atoms with Gasteiger partial charge in [0, 0.05) is 13.7 Å². The summed E-state index contributed by atoms with van der Waals surface area (Å²) in [6, 6.07) is 20.8. The monoisotopic (exact) mass is 444 g/mol. The second-order valence-corrected chi connectivity index (χ2v) is 13.0. The number of hydrogen-bond acceptors (Lipinski definition) is 5. The number of methoxy groups -OCH3 is 1. The summed E-state index contributed by atoms with van der Waals surface area (Å²) in [6.07, 6.45) is 0. The van der Waals surface area contributed by atoms with E-state index in [0.29, 0.717) is 19.8 Å². The van der Waals surface area contributed by atoms with Crippen LogP contribution in [0.1, 0.15) is 27.7 Å². The van der Waals surface area contributed by atoms with E-state index < -0.39 is 8.32 Å². The van der Waals surface area contributed by atoms with E-state index in [4.69, 9.17) is 18.6 Å². The Hall–Kier alpha value is -1.83. The number of carbonyl (C=O) groups is 1. The summed E-state index contributed by atoms with van der Waals surface area (Å²) in [4.78, 5) is 12.3. The number of Topliss-reactive ketones (excluding diaryl/α,β-unsaturated/α-hetero) is 1. The first-order valence-corrected chi connectivity index (χ1v) is 12.6. The normalized spacial score (nSPS) is 13.2. The number of ether oxygens (including phenoxy) is 3. The number of hydrogen-bond donors (Lipinski definition) is 0. The summed E-state index contributed by atoms with van der Waals surface area (Å²) >= 11 is 0. The maximum absolute atomic E-state index is 12.3. The second kappa shape index (κ2) is 12.3. The molecule has 1 atom stereocenters. The predicted octanol–water partition coefficient (Wildman–Crippen LogP) is 3.41. The molecule has 0 saturated carbocycles. The van der Waals surface area contributed by atoms with Gasteiger partial charge in [-0.15, -0.1) is 0 Å². The van der Waals surface area contributed by atoms with Crippen molar-refractivity contribution in [3.63, 3.8) is 0 Å². The molecule has 2 rings (SSSR count). The van der Waals surface area contributed by atoms with Gasteiger partial charge in [-0.05, 0) is 22.3 Å². The first-order valence-electron chi connectivity index (χ1n) is 10.7. The number of rotatable bonds is 13. The van der Waals surface area contributed by atoms with Crippen molar-refractivity contribution < 1.29 is 23.4 Å². The van der Waals surface area contributed by atoms with Crippen molar-refractivity contribution in [3.05, 3.63) is 60.7 Å². The first-order chi connectivity index (χ1) is 14.8. The van der Waals surface area contributed by atoms with E-state index in [1.54, 1.807) is 14.0 Å². The molecule has 0 aliphatic carbocycles. The van der Waals surface area contributed by atoms with Gasteiger partial charge in [0.2, 0.25) is 0 Å². The molecule has 5 nitrogen and oxygen atoms in total. The highest BCUT2D eigenvalue weighted by molar-refractivity contribution is 6.99. The van der Waals surface area contributed by atoms with Crippen molar-refractivity contribution in [1.29, 1.82) is 0 Å². The van der Waals surface area contributed by atoms with E-state index in [1.807, 2.05) is 12.1 Å². The average Bonchev–Trinajstić information content (AvgIpc) is 2.75. The van der Waals surface area contributed by atoms with Crippen LogP contribution in [0.25, 0.3) is 0 Å². The molecule has 0 bridgehead atoms. The molecule has 170 valence electrons. The Bertz CT molecular complexity index is 734. The highest BCUT2D eigenvalue weighted by Crippen LogP contribution is 2.37. The van der Waals surface area contributed by atoms with E-state index in [9.17, 15) is 4.79 Å². The lowest BCUT2D eigenvalue weighted by Crippen LogP contribution is -2.67. The van der Waals surface area contributed by atoms with Crippen molar-refractivity contribution in [1.82, 2.24) is 0 Å². The third-order valence-corrected chi connectivity index (χ3v) is 10.4. The predicted molar refractivity (Wildman–Crippen MR) is 126 cm³/mol. The van der Waals surface area contributed by atoms with Crippen LogP contribution in [0.4, 0.5) is 0 Å². The van der Waals surface area contributed by atoms with Gasteiger partial charge in [-0.3, -0.25) is 4.79 Å². The zero-order chi connectivity index (χ0) is 22.7. The fourth-order valence-electron chi connectivity index (χ4n) is 3.72. The second-order valence-electron chi connectivity index (χ2n) is 8.67. The fourth-order valence-corrected chi connectivity index (χ4v) is 8.33. The minimum Gasteiger partial charge on any atom is -0.407 e. The highest BCUT2D eigenvalue weighted by Gasteiger charge is 2.50. The van der Waals surface area contributed by atoms with Gasteiger partial charge in [0.1, 0.15) is 12.6 Å². The van der Waals surface area contributed by atoms with E-state index in [1.165, 1.54) is 10.4 Å². The van der Waals surface area contributed by atoms with Crippen LogP contribution in [0, 0.1) is 5.92 Å². The molecular formula is C25H36O5Si. The molecule has 0 aliphatic heterocycles. The lowest BCUT2D eigenvalue weighted by Gasteiger charge is -2.43. The van der Waals surface area contributed by atoms with Gasteiger partial charge >= 0.3 is 0 Å². The molecule has 6 heteroatoms. The van der Waals surface area contributed by atoms with Crippen molar-refractivity contribution in [2.75, 3.05) is 40.3 Å². The topological polar surface area (TPSA) is 54.0 Å². The lowest BCUT2D eigenvalue weighted by molar-refractivity contribution is -0.127. The zero-order valence-electron chi connectivity index (χ0n) is 19.4. The Morgan fingerprint density at radius 3 is 1.87 bits per heavy atom. The third kappa shape index (κ3) is 6.82. The van der Waals surface area contributed by atoms with E-state index in [2.05, 4.69) is 69.3 Å². The molecule has 0 unspecified atom stereocenters. The Balaban J connectivity index is 2.25. The van der Waals surface area contributed by atoms with Crippen LogP contribution in [-0.4, -0.2) is 54.4 Å². The van der Waals surface area contributed by atoms with E-state index in [-0.39, 0.29) is 30.1 Å². The van der Waals surface area contributed by atoms with Gasteiger partial charge in [-0.2, -0.15) is 0 Å². The molecule has 0 saturated heterocycles. The van der Waals surface area contributed by atoms with Crippen molar-refractivity contribution in [3.8, 4) is 0 Å². The molecule has 0 fully saturated rings. The standard InChI is InChI=1S/C25H36O5Si/c1-21(26)22(18-29-20-28-17-16-27-5)19-30-31(25(2,3)4,23-12-8-6-9-13-23)24-14-10-7-11-15-24/h6-15,22H,16-20H2,1-5H3/t22-/m0/s1. The maximum atomic E-state index is 12.3. The first kappa shape index (κ1) is 25.4. The number of ketones is 1. The van der Waals surface area contributed by atoms with Gasteiger partial charge in [0.15, 0.2) is 0 Å². The molecular weight excluding hydrogens is 408 g/mol. The molecule has 2 aromatic rings. The summed E-state index contributed by atoms with van der Waals surface area (Å²) in [7, 11) is -1.06. The summed E-state index contributed by atoms with van der Waals surface area (Å²) < 4.78 is 22.8. The van der Waals surface area contributed by atoms with Gasteiger partial charge in [-0.1, -0.05) is 81.4 Å². The number of carbonyl (C=O) groups excluding carboxylic acids is 1. The molecule has 0 aromatic heterocycles. The molecule has 0 radical (unpaired) electrons. The molecule has 0 heterocycles. The summed E-state index contributed by atoms with van der Waals surface area (Å²) in [5.41, 5.74) is 0. The minimum absolute atomic E-state index is 0.0508. The maximum Gasteiger partial charge on any atom is 0.261 e. The van der Waals surface area contributed by atoms with Gasteiger partial charge in [0.05, 0.1) is 25.7 Å². The fraction of sp³-hybridized carbons (Fsp3) is 0.480. The molecule has 2 aromatic carbocycles. The zero-order valence-corrected chi connectivity index (χ0v) is 20.4. The minimum atomic E-state index is -2.68. The van der Waals surface area contributed by atoms with Crippen LogP contribution in [0.5, 0.6) is 0 Å². The largest absolute Gasteiger partial charge is 0.407 e. The third-order valence-electron chi connectivity index (χ3n) is 5.41. The van der Waals surface area contributed by atoms with Crippen molar-refractivity contribution in [2.45, 2.75) is 32.7 Å². The SMILES string of the molecule is COCCOCOC[C@@H](CO[Si](c1ccccc1)(c1ccccc1)C(C)(C)C)C(C)=O. The lowest BCUT2D eigenvalue weighted by atomic mass is 10.1. The molecule has 0 aliphatic rings. The smallest absolute Gasteiger partial charge is 0.261 e. The van der Waals surface area contributed by atoms with Crippen LogP contribution in [-0.2, 0) is 23.4 Å². The van der Waals surface area contributed by atoms with E-state index >= 15 is 0 Å². The highest BCUT2D eigenvalue weighted by atomic mass is 28.4. The van der Waals surface area contributed by atoms with Crippen LogP contribution in [0.15, 0.2) is 60.7 Å². The van der Waals surface area contributed by atoms with Crippen molar-refractivity contribution >= 4 is 24.5 Å². The molecule has 0 spiro atoms. The van der Waals surface area contributed by atoms with Gasteiger partial charge < -0.3 is 18.6 Å². The number of benzene rings is 2. The van der Waals surface area contributed by atoms with E-state index in [0.717, 1.165) is 0 Å². The van der Waals surface area contributed by atoms with Crippen LogP contribution in [0.2, 0.25) is 5.04 Å². The molecule has 0 amide bonds. The molecule has 0 N–H and O–H groups in total. The Labute approximate surface area is 187 Å². The quantitative estimate of drug-likeness (QED) is 0.269. The Morgan fingerprint density at radius 1 is 0.871 bits per heavy atom. The van der Waals surface area contributed by atoms with Gasteiger partial charge in [-0.25, -0.2) is 0 Å². The summed E-state index contributed by atoms with van der Waals surface area (Å²) in [5, 5.41) is 2.25. The van der Waals surface area contributed by atoms with Gasteiger partial charge in [0.25, 0.3) is 8.32 Å².